The molecule has 0 bridgehead atoms. The van der Waals surface area contributed by atoms with Gasteiger partial charge in [0, 0.05) is 19.0 Å². The van der Waals surface area contributed by atoms with E-state index in [0.29, 0.717) is 11.3 Å². The van der Waals surface area contributed by atoms with Crippen molar-refractivity contribution in [3.63, 3.8) is 0 Å². The average molecular weight is 389 g/mol. The predicted octanol–water partition coefficient (Wildman–Crippen LogP) is 2.47. The van der Waals surface area contributed by atoms with Crippen molar-refractivity contribution in [3.05, 3.63) is 34.8 Å². The lowest BCUT2D eigenvalue weighted by Gasteiger charge is -2.32. The summed E-state index contributed by atoms with van der Waals surface area (Å²) in [4.78, 5) is 22.6. The van der Waals surface area contributed by atoms with Gasteiger partial charge in [-0.2, -0.15) is 0 Å². The second kappa shape index (κ2) is 8.37. The molecule has 8 heteroatoms. The lowest BCUT2D eigenvalue weighted by atomic mass is 9.77. The van der Waals surface area contributed by atoms with E-state index in [1.807, 2.05) is 39.8 Å². The van der Waals surface area contributed by atoms with Crippen LogP contribution in [0, 0.1) is 0 Å². The van der Waals surface area contributed by atoms with E-state index >= 15 is 0 Å². The lowest BCUT2D eigenvalue weighted by molar-refractivity contribution is -0.136. The fraction of sp³-hybridized carbons (Fsp3) is 0.500. The molecule has 1 amide bonds. The van der Waals surface area contributed by atoms with Gasteiger partial charge >= 0.3 is 13.1 Å². The number of amides is 1. The summed E-state index contributed by atoms with van der Waals surface area (Å²) in [5.74, 6) is -0.592. The van der Waals surface area contributed by atoms with Crippen LogP contribution in [0.2, 0.25) is 0 Å². The Morgan fingerprint density at radius 3 is 2.32 bits per heavy atom. The number of benzene rings is 1. The van der Waals surface area contributed by atoms with Gasteiger partial charge in [-0.15, -0.1) is 0 Å². The molecule has 2 N–H and O–H groups in total. The normalized spacial score (nSPS) is 18.1. The minimum atomic E-state index is -0.941. The first-order valence-electron chi connectivity index (χ1n) is 9.14. The quantitative estimate of drug-likeness (QED) is 0.696. The van der Waals surface area contributed by atoms with Gasteiger partial charge in [0.05, 0.1) is 24.7 Å². The number of ether oxygens (including phenoxy) is 1. The minimum Gasteiger partial charge on any atom is -0.496 e. The Balaban J connectivity index is 2.39. The van der Waals surface area contributed by atoms with Crippen LogP contribution in [0.15, 0.2) is 23.7 Å². The van der Waals surface area contributed by atoms with E-state index in [1.165, 1.54) is 14.0 Å². The van der Waals surface area contributed by atoms with E-state index in [1.54, 1.807) is 12.1 Å². The van der Waals surface area contributed by atoms with Crippen molar-refractivity contribution in [1.82, 2.24) is 5.32 Å². The van der Waals surface area contributed by atoms with Crippen LogP contribution in [0.1, 0.15) is 45.7 Å². The molecule has 0 unspecified atom stereocenters. The molecule has 1 heterocycles. The Labute approximate surface area is 166 Å². The molecule has 1 saturated heterocycles. The molecule has 0 spiro atoms. The predicted molar refractivity (Wildman–Crippen MR) is 107 cm³/mol. The van der Waals surface area contributed by atoms with Crippen molar-refractivity contribution >= 4 is 25.1 Å². The molecule has 0 radical (unpaired) electrons. The van der Waals surface area contributed by atoms with Gasteiger partial charge in [0.25, 0.3) is 0 Å². The molecule has 7 nitrogen and oxygen atoms in total. The first-order chi connectivity index (χ1) is 12.9. The standard InChI is InChI=1S/C20H28BNO6/c1-13(23)22-12-16(21-27-19(2,3)20(4,5)28-21)10-14-7-8-17(26-6)15(9-14)11-18(24)25/h7-10H,11-12H2,1-6H3,(H,22,23)(H,24,25). The molecule has 28 heavy (non-hydrogen) atoms. The monoisotopic (exact) mass is 389 g/mol. The molecular formula is C20H28BNO6. The zero-order chi connectivity index (χ0) is 21.1. The van der Waals surface area contributed by atoms with E-state index in [9.17, 15) is 9.59 Å². The molecule has 0 aliphatic carbocycles. The van der Waals surface area contributed by atoms with Crippen LogP contribution in [0.25, 0.3) is 6.08 Å². The van der Waals surface area contributed by atoms with Gasteiger partial charge in [0.1, 0.15) is 5.75 Å². The molecular weight excluding hydrogens is 361 g/mol. The number of nitrogens with one attached hydrogen (secondary N) is 1. The number of hydrogen-bond acceptors (Lipinski definition) is 5. The zero-order valence-corrected chi connectivity index (χ0v) is 17.3. The number of carboxylic acid groups (broad SMARTS) is 1. The maximum absolute atomic E-state index is 11.4. The van der Waals surface area contributed by atoms with Gasteiger partial charge in [0.15, 0.2) is 0 Å². The molecule has 0 atom stereocenters. The molecule has 1 aromatic rings. The van der Waals surface area contributed by atoms with Crippen LogP contribution in [0.3, 0.4) is 0 Å². The third kappa shape index (κ3) is 5.14. The molecule has 1 aromatic carbocycles. The third-order valence-electron chi connectivity index (χ3n) is 5.10. The van der Waals surface area contributed by atoms with Gasteiger partial charge in [-0.3, -0.25) is 9.59 Å². The van der Waals surface area contributed by atoms with Crippen LogP contribution < -0.4 is 10.1 Å². The van der Waals surface area contributed by atoms with Crippen LogP contribution in [-0.2, 0) is 25.3 Å². The summed E-state index contributed by atoms with van der Waals surface area (Å²) >= 11 is 0. The van der Waals surface area contributed by atoms with Gasteiger partial charge in [-0.05, 0) is 50.9 Å². The summed E-state index contributed by atoms with van der Waals surface area (Å²) < 4.78 is 17.5. The largest absolute Gasteiger partial charge is 0.496 e. The number of carboxylic acids is 1. The fourth-order valence-electron chi connectivity index (χ4n) is 2.83. The first-order valence-corrected chi connectivity index (χ1v) is 9.14. The second-order valence-corrected chi connectivity index (χ2v) is 7.86. The van der Waals surface area contributed by atoms with Gasteiger partial charge in [-0.25, -0.2) is 0 Å². The SMILES string of the molecule is COc1ccc(C=C(CNC(C)=O)B2OC(C)(C)C(C)(C)O2)cc1CC(=O)O. The molecule has 152 valence electrons. The van der Waals surface area contributed by atoms with E-state index in [2.05, 4.69) is 5.32 Å². The number of aliphatic carboxylic acids is 1. The number of methoxy groups -OCH3 is 1. The van der Waals surface area contributed by atoms with E-state index in [4.69, 9.17) is 19.2 Å². The number of rotatable bonds is 7. The average Bonchev–Trinajstić information content (AvgIpc) is 2.78. The summed E-state index contributed by atoms with van der Waals surface area (Å²) in [6.45, 7) is 9.54. The Bertz CT molecular complexity index is 771. The highest BCUT2D eigenvalue weighted by Gasteiger charge is 2.52. The number of carbonyl (C=O) groups is 2. The van der Waals surface area contributed by atoms with Crippen molar-refractivity contribution in [1.29, 1.82) is 0 Å². The molecule has 0 saturated carbocycles. The van der Waals surface area contributed by atoms with E-state index in [-0.39, 0.29) is 18.9 Å². The molecule has 1 aliphatic rings. The third-order valence-corrected chi connectivity index (χ3v) is 5.10. The number of carbonyl (C=O) groups excluding carboxylic acids is 1. The Morgan fingerprint density at radius 2 is 1.82 bits per heavy atom. The van der Waals surface area contributed by atoms with Crippen molar-refractivity contribution in [2.45, 2.75) is 52.2 Å². The van der Waals surface area contributed by atoms with Crippen molar-refractivity contribution in [2.24, 2.45) is 0 Å². The van der Waals surface area contributed by atoms with Crippen molar-refractivity contribution in [3.8, 4) is 5.75 Å². The van der Waals surface area contributed by atoms with Crippen LogP contribution in [-0.4, -0.2) is 49.0 Å². The molecule has 2 rings (SSSR count). The van der Waals surface area contributed by atoms with E-state index < -0.39 is 24.3 Å². The zero-order valence-electron chi connectivity index (χ0n) is 17.3. The summed E-state index contributed by atoms with van der Waals surface area (Å²) in [6, 6.07) is 5.31. The Hall–Kier alpha value is -2.32. The second-order valence-electron chi connectivity index (χ2n) is 7.86. The van der Waals surface area contributed by atoms with Gasteiger partial charge in [0.2, 0.25) is 5.91 Å². The molecule has 0 aromatic heterocycles. The topological polar surface area (TPSA) is 94.1 Å². The summed E-state index contributed by atoms with van der Waals surface area (Å²) in [5, 5.41) is 11.9. The highest BCUT2D eigenvalue weighted by atomic mass is 16.7. The van der Waals surface area contributed by atoms with Gasteiger partial charge in [-0.1, -0.05) is 12.1 Å². The highest BCUT2D eigenvalue weighted by molar-refractivity contribution is 6.56. The molecule has 1 aliphatic heterocycles. The van der Waals surface area contributed by atoms with Crippen molar-refractivity contribution < 1.29 is 28.7 Å². The Kier molecular flexibility index (Phi) is 6.57. The van der Waals surface area contributed by atoms with Gasteiger partial charge < -0.3 is 24.5 Å². The van der Waals surface area contributed by atoms with Crippen LogP contribution in [0.4, 0.5) is 0 Å². The smallest absolute Gasteiger partial charge is 0.492 e. The summed E-state index contributed by atoms with van der Waals surface area (Å²) in [5.41, 5.74) is 1.05. The lowest BCUT2D eigenvalue weighted by Crippen LogP contribution is -2.41. The van der Waals surface area contributed by atoms with Crippen molar-refractivity contribution in [2.75, 3.05) is 13.7 Å². The number of hydrogen-bond donors (Lipinski definition) is 2. The highest BCUT2D eigenvalue weighted by Crippen LogP contribution is 2.38. The molecule has 1 fully saturated rings. The maximum Gasteiger partial charge on any atom is 0.492 e. The summed E-state index contributed by atoms with van der Waals surface area (Å²) in [7, 11) is 0.879. The Morgan fingerprint density at radius 1 is 1.21 bits per heavy atom. The minimum absolute atomic E-state index is 0.150. The maximum atomic E-state index is 11.4. The van der Waals surface area contributed by atoms with Crippen LogP contribution >= 0.6 is 0 Å². The first kappa shape index (κ1) is 22.0. The van der Waals surface area contributed by atoms with Crippen LogP contribution in [0.5, 0.6) is 5.75 Å². The fourth-order valence-corrected chi connectivity index (χ4v) is 2.83. The van der Waals surface area contributed by atoms with E-state index in [0.717, 1.165) is 11.0 Å². The summed E-state index contributed by atoms with van der Waals surface area (Å²) in [6.07, 6.45) is 1.70.